The van der Waals surface area contributed by atoms with Crippen molar-refractivity contribution in [1.82, 2.24) is 15.0 Å². The third kappa shape index (κ3) is 6.14. The molecule has 0 saturated carbocycles. The van der Waals surface area contributed by atoms with Crippen molar-refractivity contribution in [3.63, 3.8) is 0 Å². The molecule has 0 spiro atoms. The number of amides is 2. The number of nitrogens with one attached hydrogen (secondary N) is 2. The molecule has 0 aliphatic carbocycles. The van der Waals surface area contributed by atoms with Gasteiger partial charge in [-0.15, -0.1) is 0 Å². The number of ether oxygens (including phenoxy) is 2. The van der Waals surface area contributed by atoms with Gasteiger partial charge in [-0.25, -0.2) is 4.79 Å². The quantitative estimate of drug-likeness (QED) is 0.588. The van der Waals surface area contributed by atoms with E-state index in [1.54, 1.807) is 12.3 Å². The van der Waals surface area contributed by atoms with E-state index >= 15 is 0 Å². The molecule has 1 aromatic carbocycles. The van der Waals surface area contributed by atoms with Gasteiger partial charge in [0.05, 0.1) is 19.8 Å². The molecule has 3 heterocycles. The van der Waals surface area contributed by atoms with Gasteiger partial charge in [0, 0.05) is 43.2 Å². The van der Waals surface area contributed by atoms with Gasteiger partial charge in [-0.05, 0) is 36.8 Å². The lowest BCUT2D eigenvalue weighted by Crippen LogP contribution is -2.37. The highest BCUT2D eigenvalue weighted by Crippen LogP contribution is 2.21. The van der Waals surface area contributed by atoms with Gasteiger partial charge in [0.15, 0.2) is 0 Å². The molecular weight excluding hydrogens is 408 g/mol. The van der Waals surface area contributed by atoms with Crippen LogP contribution in [0, 0.1) is 6.92 Å². The van der Waals surface area contributed by atoms with Gasteiger partial charge in [0.25, 0.3) is 0 Å². The summed E-state index contributed by atoms with van der Waals surface area (Å²) in [5, 5.41) is 5.61. The molecule has 4 rings (SSSR count). The summed E-state index contributed by atoms with van der Waals surface area (Å²) in [6.45, 7) is 4.93. The SMILES string of the molecule is Cc1cccc(NC(=O)Nc2cc(OCCc3ccccn3)nc(N3CCOCC3)n2)c1. The van der Waals surface area contributed by atoms with Crippen LogP contribution in [0.25, 0.3) is 0 Å². The zero-order valence-electron chi connectivity index (χ0n) is 18.0. The van der Waals surface area contributed by atoms with E-state index in [0.717, 1.165) is 11.3 Å². The van der Waals surface area contributed by atoms with Crippen molar-refractivity contribution in [1.29, 1.82) is 0 Å². The second-order valence-electron chi connectivity index (χ2n) is 7.36. The Balaban J connectivity index is 1.46. The average molecular weight is 435 g/mol. The van der Waals surface area contributed by atoms with Crippen LogP contribution in [0.1, 0.15) is 11.3 Å². The third-order valence-corrected chi connectivity index (χ3v) is 4.84. The fourth-order valence-electron chi connectivity index (χ4n) is 3.26. The number of pyridine rings is 1. The van der Waals surface area contributed by atoms with Gasteiger partial charge in [0.2, 0.25) is 11.8 Å². The lowest BCUT2D eigenvalue weighted by atomic mass is 10.2. The second kappa shape index (κ2) is 10.5. The van der Waals surface area contributed by atoms with E-state index in [1.807, 2.05) is 54.3 Å². The Bertz CT molecular complexity index is 1040. The highest BCUT2D eigenvalue weighted by molar-refractivity contribution is 5.99. The molecule has 0 radical (unpaired) electrons. The Morgan fingerprint density at radius 3 is 2.75 bits per heavy atom. The van der Waals surface area contributed by atoms with Crippen LogP contribution in [0.4, 0.5) is 22.2 Å². The number of nitrogens with zero attached hydrogens (tertiary/aromatic N) is 4. The van der Waals surface area contributed by atoms with E-state index in [9.17, 15) is 4.79 Å². The highest BCUT2D eigenvalue weighted by Gasteiger charge is 2.17. The first-order chi connectivity index (χ1) is 15.7. The van der Waals surface area contributed by atoms with Crippen LogP contribution in [0.5, 0.6) is 5.88 Å². The van der Waals surface area contributed by atoms with E-state index < -0.39 is 0 Å². The lowest BCUT2D eigenvalue weighted by molar-refractivity contribution is 0.122. The minimum Gasteiger partial charge on any atom is -0.477 e. The third-order valence-electron chi connectivity index (χ3n) is 4.84. The molecule has 0 unspecified atom stereocenters. The molecule has 2 amide bonds. The first kappa shape index (κ1) is 21.5. The maximum atomic E-state index is 12.5. The highest BCUT2D eigenvalue weighted by atomic mass is 16.5. The largest absolute Gasteiger partial charge is 0.477 e. The molecule has 32 heavy (non-hydrogen) atoms. The molecule has 3 aromatic rings. The zero-order valence-corrected chi connectivity index (χ0v) is 18.0. The summed E-state index contributed by atoms with van der Waals surface area (Å²) < 4.78 is 11.3. The van der Waals surface area contributed by atoms with Crippen LogP contribution < -0.4 is 20.3 Å². The normalized spacial score (nSPS) is 13.5. The monoisotopic (exact) mass is 434 g/mol. The molecule has 0 bridgehead atoms. The number of hydrogen-bond acceptors (Lipinski definition) is 7. The second-order valence-corrected chi connectivity index (χ2v) is 7.36. The Morgan fingerprint density at radius 1 is 1.09 bits per heavy atom. The molecule has 2 aromatic heterocycles. The number of benzene rings is 1. The maximum absolute atomic E-state index is 12.5. The molecule has 1 aliphatic rings. The first-order valence-corrected chi connectivity index (χ1v) is 10.5. The van der Waals surface area contributed by atoms with Gasteiger partial charge >= 0.3 is 6.03 Å². The molecule has 166 valence electrons. The Labute approximate surface area is 186 Å². The van der Waals surface area contributed by atoms with Gasteiger partial charge in [0.1, 0.15) is 5.82 Å². The Kier molecular flexibility index (Phi) is 7.08. The van der Waals surface area contributed by atoms with Crippen molar-refractivity contribution in [2.75, 3.05) is 48.4 Å². The molecule has 1 aliphatic heterocycles. The number of carbonyl (C=O) groups excluding carboxylic acids is 1. The predicted molar refractivity (Wildman–Crippen MR) is 122 cm³/mol. The van der Waals surface area contributed by atoms with Crippen LogP contribution >= 0.6 is 0 Å². The van der Waals surface area contributed by atoms with Gasteiger partial charge in [-0.2, -0.15) is 9.97 Å². The van der Waals surface area contributed by atoms with E-state index in [2.05, 4.69) is 25.6 Å². The number of aryl methyl sites for hydroxylation is 1. The molecule has 9 nitrogen and oxygen atoms in total. The van der Waals surface area contributed by atoms with Crippen molar-refractivity contribution < 1.29 is 14.3 Å². The van der Waals surface area contributed by atoms with E-state index in [4.69, 9.17) is 9.47 Å². The van der Waals surface area contributed by atoms with Crippen LogP contribution in [-0.2, 0) is 11.2 Å². The lowest BCUT2D eigenvalue weighted by Gasteiger charge is -2.27. The summed E-state index contributed by atoms with van der Waals surface area (Å²) in [5.41, 5.74) is 2.70. The maximum Gasteiger partial charge on any atom is 0.324 e. The molecule has 1 saturated heterocycles. The van der Waals surface area contributed by atoms with Crippen molar-refractivity contribution in [3.05, 3.63) is 66.0 Å². The summed E-state index contributed by atoms with van der Waals surface area (Å²) in [5.74, 6) is 1.25. The average Bonchev–Trinajstić information content (AvgIpc) is 2.80. The van der Waals surface area contributed by atoms with E-state index in [1.165, 1.54) is 0 Å². The molecule has 9 heteroatoms. The summed E-state index contributed by atoms with van der Waals surface area (Å²) >= 11 is 0. The van der Waals surface area contributed by atoms with Crippen LogP contribution in [-0.4, -0.2) is 53.9 Å². The molecule has 2 N–H and O–H groups in total. The number of rotatable bonds is 7. The smallest absolute Gasteiger partial charge is 0.324 e. The van der Waals surface area contributed by atoms with E-state index in [0.29, 0.717) is 62.7 Å². The topological polar surface area (TPSA) is 102 Å². The minimum atomic E-state index is -0.387. The Hall–Kier alpha value is -3.72. The molecule has 0 atom stereocenters. The summed E-state index contributed by atoms with van der Waals surface area (Å²) in [7, 11) is 0. The standard InChI is InChI=1S/C23H26N6O3/c1-17-5-4-7-19(15-17)25-23(30)27-20-16-21(32-12-8-18-6-2-3-9-24-18)28-22(26-20)29-10-13-31-14-11-29/h2-7,9,15-16H,8,10-14H2,1H3,(H2,25,26,27,28,30). The summed E-state index contributed by atoms with van der Waals surface area (Å²) in [6, 6.07) is 14.6. The van der Waals surface area contributed by atoms with Crippen molar-refractivity contribution in [2.24, 2.45) is 0 Å². The van der Waals surface area contributed by atoms with Gasteiger partial charge in [-0.1, -0.05) is 18.2 Å². The van der Waals surface area contributed by atoms with E-state index in [-0.39, 0.29) is 6.03 Å². The first-order valence-electron chi connectivity index (χ1n) is 10.5. The Morgan fingerprint density at radius 2 is 1.97 bits per heavy atom. The van der Waals surface area contributed by atoms with Crippen molar-refractivity contribution >= 4 is 23.5 Å². The zero-order chi connectivity index (χ0) is 22.2. The van der Waals surface area contributed by atoms with Crippen molar-refractivity contribution in [2.45, 2.75) is 13.3 Å². The van der Waals surface area contributed by atoms with Gasteiger partial charge in [-0.3, -0.25) is 10.3 Å². The fourth-order valence-corrected chi connectivity index (χ4v) is 3.26. The number of carbonyl (C=O) groups is 1. The number of morpholine rings is 1. The van der Waals surface area contributed by atoms with Crippen LogP contribution in [0.2, 0.25) is 0 Å². The minimum absolute atomic E-state index is 0.361. The molecule has 1 fully saturated rings. The summed E-state index contributed by atoms with van der Waals surface area (Å²) in [6.07, 6.45) is 2.40. The van der Waals surface area contributed by atoms with Gasteiger partial charge < -0.3 is 19.7 Å². The number of hydrogen-bond donors (Lipinski definition) is 2. The number of urea groups is 1. The van der Waals surface area contributed by atoms with Crippen LogP contribution in [0.3, 0.4) is 0 Å². The number of aromatic nitrogens is 3. The fraction of sp³-hybridized carbons (Fsp3) is 0.304. The summed E-state index contributed by atoms with van der Waals surface area (Å²) in [4.78, 5) is 27.9. The predicted octanol–water partition coefficient (Wildman–Crippen LogP) is 3.28. The molecular formula is C23H26N6O3. The van der Waals surface area contributed by atoms with Crippen molar-refractivity contribution in [3.8, 4) is 5.88 Å². The van der Waals surface area contributed by atoms with Crippen LogP contribution in [0.15, 0.2) is 54.7 Å². The number of anilines is 3.